The fraction of sp³-hybridized carbons (Fsp3) is 0.333. The monoisotopic (exact) mass is 491 g/mol. The molecule has 3 aliphatic rings. The van der Waals surface area contributed by atoms with Crippen molar-refractivity contribution in [3.8, 4) is 17.3 Å². The number of hydrogen-bond donors (Lipinski definition) is 2. The van der Waals surface area contributed by atoms with E-state index in [1.807, 2.05) is 6.07 Å². The van der Waals surface area contributed by atoms with Gasteiger partial charge in [0.1, 0.15) is 16.6 Å². The van der Waals surface area contributed by atoms with E-state index in [4.69, 9.17) is 10.5 Å². The molecule has 3 aromatic heterocycles. The lowest BCUT2D eigenvalue weighted by Gasteiger charge is -2.39. The molecule has 2 saturated heterocycles. The zero-order chi connectivity index (χ0) is 23.9. The predicted octanol–water partition coefficient (Wildman–Crippen LogP) is 3.61. The Kier molecular flexibility index (Phi) is 4.34. The molecule has 6 heterocycles. The third kappa shape index (κ3) is 2.84. The second-order valence-electron chi connectivity index (χ2n) is 9.31. The van der Waals surface area contributed by atoms with Gasteiger partial charge in [-0.05, 0) is 30.5 Å². The van der Waals surface area contributed by atoms with Crippen LogP contribution in [0.4, 0.5) is 19.7 Å². The Morgan fingerprint density at radius 2 is 2.03 bits per heavy atom. The molecule has 176 valence electrons. The highest BCUT2D eigenvalue weighted by molar-refractivity contribution is 7.23. The predicted molar refractivity (Wildman–Crippen MR) is 128 cm³/mol. The van der Waals surface area contributed by atoms with Crippen LogP contribution in [0.1, 0.15) is 29.5 Å². The Morgan fingerprint density at radius 1 is 1.20 bits per heavy atom. The first-order chi connectivity index (χ1) is 17.0. The summed E-state index contributed by atoms with van der Waals surface area (Å²) in [6.45, 7) is 3.02. The molecular formula is C24H19F2N7OS. The molecule has 8 nitrogen and oxygen atoms in total. The van der Waals surface area contributed by atoms with Gasteiger partial charge in [0.15, 0.2) is 11.6 Å². The van der Waals surface area contributed by atoms with Gasteiger partial charge >= 0.3 is 0 Å². The maximum atomic E-state index is 16.4. The lowest BCUT2D eigenvalue weighted by Crippen LogP contribution is -2.58. The van der Waals surface area contributed by atoms with Crippen molar-refractivity contribution in [3.05, 3.63) is 40.7 Å². The minimum Gasteiger partial charge on any atom is -0.389 e. The second-order valence-corrected chi connectivity index (χ2v) is 10.4. The summed E-state index contributed by atoms with van der Waals surface area (Å²) in [4.78, 5) is 15.6. The molecule has 11 heteroatoms. The van der Waals surface area contributed by atoms with Crippen LogP contribution in [0.2, 0.25) is 0 Å². The molecule has 1 atom stereocenters. The first-order valence-electron chi connectivity index (χ1n) is 11.3. The van der Waals surface area contributed by atoms with Gasteiger partial charge in [-0.2, -0.15) is 5.26 Å². The zero-order valence-electron chi connectivity index (χ0n) is 18.5. The number of aromatic nitrogens is 3. The van der Waals surface area contributed by atoms with E-state index in [0.717, 1.165) is 55.6 Å². The lowest BCUT2D eigenvalue weighted by atomic mass is 9.87. The number of nitrogens with one attached hydrogen (secondary N) is 1. The van der Waals surface area contributed by atoms with Crippen molar-refractivity contribution < 1.29 is 13.5 Å². The zero-order valence-corrected chi connectivity index (χ0v) is 19.3. The Balaban J connectivity index is 1.47. The highest BCUT2D eigenvalue weighted by Gasteiger charge is 2.43. The Labute approximate surface area is 202 Å². The fourth-order valence-electron chi connectivity index (χ4n) is 5.56. The third-order valence-electron chi connectivity index (χ3n) is 7.47. The van der Waals surface area contributed by atoms with Crippen LogP contribution < -0.4 is 16.0 Å². The van der Waals surface area contributed by atoms with Crippen LogP contribution in [0.3, 0.4) is 0 Å². The summed E-state index contributed by atoms with van der Waals surface area (Å²) in [5.74, 6) is -0.715. The van der Waals surface area contributed by atoms with Crippen molar-refractivity contribution >= 4 is 43.3 Å². The van der Waals surface area contributed by atoms with Gasteiger partial charge in [0.05, 0.1) is 35.4 Å². The summed E-state index contributed by atoms with van der Waals surface area (Å²) >= 11 is 0.957. The van der Waals surface area contributed by atoms with Crippen LogP contribution in [0, 0.1) is 23.0 Å². The van der Waals surface area contributed by atoms with Crippen molar-refractivity contribution in [2.24, 2.45) is 0 Å². The minimum absolute atomic E-state index is 0.0953. The second kappa shape index (κ2) is 7.27. The largest absolute Gasteiger partial charge is 0.389 e. The van der Waals surface area contributed by atoms with E-state index >= 15 is 4.39 Å². The Hall–Kier alpha value is -3.46. The third-order valence-corrected chi connectivity index (χ3v) is 8.50. The number of fused-ring (bicyclic) bond motifs is 4. The normalized spacial score (nSPS) is 21.1. The van der Waals surface area contributed by atoms with E-state index in [-0.39, 0.29) is 56.2 Å². The summed E-state index contributed by atoms with van der Waals surface area (Å²) in [7, 11) is 0. The molecule has 0 unspecified atom stereocenters. The van der Waals surface area contributed by atoms with Crippen molar-refractivity contribution in [3.63, 3.8) is 0 Å². The molecule has 3 N–H and O–H groups in total. The van der Waals surface area contributed by atoms with Gasteiger partial charge in [0.2, 0.25) is 5.95 Å². The van der Waals surface area contributed by atoms with Crippen LogP contribution in [0.25, 0.3) is 32.2 Å². The van der Waals surface area contributed by atoms with Crippen LogP contribution in [-0.2, 0) is 18.0 Å². The van der Waals surface area contributed by atoms with Crippen LogP contribution >= 0.6 is 11.3 Å². The standard InChI is InChI=1S/C24H19F2N7OS/c25-15-7-29-20(17-11(5-27)22(28)35-21(15)17)16-14-9-34-8-13(14)12-6-30-23(32-19(12)18(16)26)33-4-2-24(10-33)1-3-31-24/h6-7,31H,1-4,8-10,28H2/t24-/m0/s1. The summed E-state index contributed by atoms with van der Waals surface area (Å²) in [5.41, 5.74) is 8.10. The van der Waals surface area contributed by atoms with E-state index < -0.39 is 11.6 Å². The fourth-order valence-corrected chi connectivity index (χ4v) is 6.48. The molecule has 3 aliphatic heterocycles. The molecule has 1 aromatic carbocycles. The lowest BCUT2D eigenvalue weighted by molar-refractivity contribution is 0.135. The van der Waals surface area contributed by atoms with E-state index in [2.05, 4.69) is 25.2 Å². The van der Waals surface area contributed by atoms with E-state index in [1.165, 1.54) is 0 Å². The minimum atomic E-state index is -0.603. The number of thiophene rings is 1. The Morgan fingerprint density at radius 3 is 2.77 bits per heavy atom. The number of nitrogens with zero attached hydrogens (tertiary/aromatic N) is 5. The molecule has 0 radical (unpaired) electrons. The smallest absolute Gasteiger partial charge is 0.226 e. The highest BCUT2D eigenvalue weighted by Crippen LogP contribution is 2.45. The van der Waals surface area contributed by atoms with Gasteiger partial charge in [-0.25, -0.2) is 18.7 Å². The molecule has 35 heavy (non-hydrogen) atoms. The number of hydrogen-bond acceptors (Lipinski definition) is 9. The van der Waals surface area contributed by atoms with Crippen molar-refractivity contribution in [1.82, 2.24) is 20.3 Å². The van der Waals surface area contributed by atoms with Crippen LogP contribution in [0.15, 0.2) is 12.4 Å². The van der Waals surface area contributed by atoms with Crippen molar-refractivity contribution in [2.45, 2.75) is 31.6 Å². The van der Waals surface area contributed by atoms with Gasteiger partial charge in [0, 0.05) is 41.2 Å². The Bertz CT molecular complexity index is 1610. The summed E-state index contributed by atoms with van der Waals surface area (Å²) in [5, 5.41) is 14.2. The maximum Gasteiger partial charge on any atom is 0.226 e. The van der Waals surface area contributed by atoms with Crippen LogP contribution in [-0.4, -0.2) is 40.1 Å². The van der Waals surface area contributed by atoms with Gasteiger partial charge < -0.3 is 20.7 Å². The first-order valence-corrected chi connectivity index (χ1v) is 12.2. The van der Waals surface area contributed by atoms with E-state index in [0.29, 0.717) is 16.9 Å². The summed E-state index contributed by atoms with van der Waals surface area (Å²) in [6.07, 6.45) is 4.81. The maximum absolute atomic E-state index is 16.4. The molecule has 1 spiro atoms. The average molecular weight is 492 g/mol. The van der Waals surface area contributed by atoms with Gasteiger partial charge in [-0.1, -0.05) is 0 Å². The molecule has 0 bridgehead atoms. The van der Waals surface area contributed by atoms with Crippen LogP contribution in [0.5, 0.6) is 0 Å². The highest BCUT2D eigenvalue weighted by atomic mass is 32.1. The quantitative estimate of drug-likeness (QED) is 0.437. The number of nitrogens with two attached hydrogens (primary N) is 1. The average Bonchev–Trinajstić information content (AvgIpc) is 3.57. The number of pyridine rings is 1. The molecular weight excluding hydrogens is 472 g/mol. The van der Waals surface area contributed by atoms with Gasteiger partial charge in [-0.15, -0.1) is 11.3 Å². The van der Waals surface area contributed by atoms with Gasteiger partial charge in [-0.3, -0.25) is 4.98 Å². The molecule has 7 rings (SSSR count). The van der Waals surface area contributed by atoms with Crippen molar-refractivity contribution in [1.29, 1.82) is 5.26 Å². The summed E-state index contributed by atoms with van der Waals surface area (Å²) in [6, 6.07) is 2.03. The SMILES string of the molecule is N#Cc1c(N)sc2c(F)cnc(-c3c4c(c5cnc(N6CC[C@@]7(CCN7)C6)nc5c3F)COC4)c12. The molecule has 0 saturated carbocycles. The van der Waals surface area contributed by atoms with E-state index in [9.17, 15) is 9.65 Å². The number of benzene rings is 1. The summed E-state index contributed by atoms with van der Waals surface area (Å²) < 4.78 is 36.8. The molecule has 0 aliphatic carbocycles. The number of halogens is 2. The van der Waals surface area contributed by atoms with Gasteiger partial charge in [0.25, 0.3) is 0 Å². The number of nitriles is 1. The molecule has 2 fully saturated rings. The van der Waals surface area contributed by atoms with E-state index in [1.54, 1.807) is 6.20 Å². The van der Waals surface area contributed by atoms with Crippen molar-refractivity contribution in [2.75, 3.05) is 30.3 Å². The molecule has 4 aromatic rings. The molecule has 0 amide bonds. The number of ether oxygens (including phenoxy) is 1. The number of nitrogen functional groups attached to an aromatic ring is 1. The number of rotatable bonds is 2. The topological polar surface area (TPSA) is 113 Å². The first kappa shape index (κ1) is 20.9. The number of anilines is 2.